The van der Waals surface area contributed by atoms with Gasteiger partial charge in [-0.3, -0.25) is 0 Å². The van der Waals surface area contributed by atoms with Crippen LogP contribution in [0.25, 0.3) is 0 Å². The van der Waals surface area contributed by atoms with Crippen LogP contribution in [-0.2, 0) is 0 Å². The monoisotopic (exact) mass is 213 g/mol. The van der Waals surface area contributed by atoms with Gasteiger partial charge in [0.1, 0.15) is 0 Å². The first kappa shape index (κ1) is 29.2. The Morgan fingerprint density at radius 1 is 1.00 bits per heavy atom. The van der Waals surface area contributed by atoms with Crippen molar-refractivity contribution >= 4 is 6.72 Å². The van der Waals surface area contributed by atoms with Crippen molar-refractivity contribution in [2.75, 3.05) is 7.05 Å². The lowest BCUT2D eigenvalue weighted by atomic mass is 10.3. The van der Waals surface area contributed by atoms with E-state index < -0.39 is 0 Å². The molecule has 0 unspecified atom stereocenters. The highest BCUT2D eigenvalue weighted by molar-refractivity contribution is 5.22. The first-order valence-corrected chi connectivity index (χ1v) is 5.29. The third kappa shape index (κ3) is 428. The van der Waals surface area contributed by atoms with Crippen LogP contribution in [0.15, 0.2) is 42.5 Å². The number of hydrogen-bond donors (Lipinski definition) is 0. The molecule has 0 aliphatic carbocycles. The van der Waals surface area contributed by atoms with E-state index in [4.69, 9.17) is 0 Å². The fraction of sp³-hybridized carbons (Fsp3) is 0.500. The number of rotatable bonds is 1. The summed E-state index contributed by atoms with van der Waals surface area (Å²) in [5, 5.41) is 0. The van der Waals surface area contributed by atoms with Crippen molar-refractivity contribution in [3.8, 4) is 0 Å². The predicted octanol–water partition coefficient (Wildman–Crippen LogP) is 5.31. The molecular formula is C14H31N. The molecule has 0 radical (unpaired) electrons. The van der Waals surface area contributed by atoms with Crippen LogP contribution in [-0.4, -0.2) is 13.8 Å². The molecule has 0 aromatic rings. The van der Waals surface area contributed by atoms with Gasteiger partial charge in [-0.05, 0) is 20.6 Å². The summed E-state index contributed by atoms with van der Waals surface area (Å²) in [6.45, 7) is 24.7. The normalized spacial score (nSPS) is 4.73. The Morgan fingerprint density at radius 2 is 1.20 bits per heavy atom. The van der Waals surface area contributed by atoms with Crippen molar-refractivity contribution in [1.29, 1.82) is 0 Å². The highest BCUT2D eigenvalue weighted by Gasteiger charge is 1.63. The summed E-state index contributed by atoms with van der Waals surface area (Å²) in [7, 11) is 1.64. The number of allylic oxidation sites excluding steroid dienone is 3. The van der Waals surface area contributed by atoms with Crippen LogP contribution in [0.5, 0.6) is 0 Å². The van der Waals surface area contributed by atoms with Gasteiger partial charge in [0.2, 0.25) is 0 Å². The van der Waals surface area contributed by atoms with Gasteiger partial charge in [0.05, 0.1) is 0 Å². The molecule has 0 spiro atoms. The molecule has 0 aliphatic heterocycles. The van der Waals surface area contributed by atoms with E-state index in [1.807, 2.05) is 47.6 Å². The molecule has 15 heavy (non-hydrogen) atoms. The van der Waals surface area contributed by atoms with Crippen molar-refractivity contribution in [2.24, 2.45) is 4.99 Å². The minimum atomic E-state index is 1.30. The van der Waals surface area contributed by atoms with Gasteiger partial charge in [-0.25, -0.2) is 0 Å². The molecule has 0 aromatic carbocycles. The summed E-state index contributed by atoms with van der Waals surface area (Å²) in [6.07, 6.45) is 3.76. The molecule has 1 nitrogen and oxygen atoms in total. The summed E-state index contributed by atoms with van der Waals surface area (Å²) in [5.74, 6) is 0. The van der Waals surface area contributed by atoms with Crippen molar-refractivity contribution in [2.45, 2.75) is 41.5 Å². The summed E-state index contributed by atoms with van der Waals surface area (Å²) in [6, 6.07) is 0. The van der Waals surface area contributed by atoms with Gasteiger partial charge in [-0.1, -0.05) is 52.0 Å². The second-order valence-corrected chi connectivity index (χ2v) is 1.80. The third-order valence-electron chi connectivity index (χ3n) is 0.451. The van der Waals surface area contributed by atoms with E-state index in [9.17, 15) is 0 Å². The minimum absolute atomic E-state index is 1.30. The fourth-order valence-electron chi connectivity index (χ4n) is 0.236. The SMILES string of the molecule is C=C.C=CC=C(C)C.C=NC.CC.CC. The molecule has 0 rings (SSSR count). The third-order valence-corrected chi connectivity index (χ3v) is 0.451. The molecule has 0 amide bonds. The second-order valence-electron chi connectivity index (χ2n) is 1.80. The first-order chi connectivity index (χ1) is 7.18. The lowest BCUT2D eigenvalue weighted by Gasteiger charge is -1.76. The van der Waals surface area contributed by atoms with Gasteiger partial charge in [-0.2, -0.15) is 0 Å². The maximum atomic E-state index is 3.52. The molecule has 0 aromatic heterocycles. The van der Waals surface area contributed by atoms with Gasteiger partial charge < -0.3 is 4.99 Å². The number of nitrogens with zero attached hydrogens (tertiary/aromatic N) is 1. The molecule has 0 heterocycles. The predicted molar refractivity (Wildman–Crippen MR) is 79.1 cm³/mol. The minimum Gasteiger partial charge on any atom is -0.304 e. The van der Waals surface area contributed by atoms with Crippen molar-refractivity contribution in [3.63, 3.8) is 0 Å². The van der Waals surface area contributed by atoms with E-state index in [1.165, 1.54) is 5.57 Å². The average molecular weight is 213 g/mol. The van der Waals surface area contributed by atoms with Gasteiger partial charge in [0, 0.05) is 7.05 Å². The Kier molecular flexibility index (Phi) is 148. The van der Waals surface area contributed by atoms with E-state index in [0.717, 1.165) is 0 Å². The van der Waals surface area contributed by atoms with Gasteiger partial charge in [0.15, 0.2) is 0 Å². The van der Waals surface area contributed by atoms with Crippen molar-refractivity contribution < 1.29 is 0 Å². The zero-order valence-corrected chi connectivity index (χ0v) is 11.9. The van der Waals surface area contributed by atoms with Crippen LogP contribution < -0.4 is 0 Å². The van der Waals surface area contributed by atoms with E-state index >= 15 is 0 Å². The molecule has 0 fully saturated rings. The molecule has 0 saturated heterocycles. The van der Waals surface area contributed by atoms with E-state index in [0.29, 0.717) is 0 Å². The lowest BCUT2D eigenvalue weighted by Crippen LogP contribution is -1.54. The zero-order chi connectivity index (χ0) is 13.7. The molecule has 1 heteroatoms. The van der Waals surface area contributed by atoms with Crippen LogP contribution >= 0.6 is 0 Å². The Balaban J connectivity index is -0.0000000318. The Morgan fingerprint density at radius 3 is 1.20 bits per heavy atom. The van der Waals surface area contributed by atoms with E-state index in [1.54, 1.807) is 13.1 Å². The smallest absolute Gasteiger partial charge is 0.0269 e. The van der Waals surface area contributed by atoms with E-state index in [-0.39, 0.29) is 0 Å². The van der Waals surface area contributed by atoms with Crippen LogP contribution in [0.3, 0.4) is 0 Å². The highest BCUT2D eigenvalue weighted by atomic mass is 14.6. The van der Waals surface area contributed by atoms with Crippen molar-refractivity contribution in [3.05, 3.63) is 37.5 Å². The molecule has 92 valence electrons. The van der Waals surface area contributed by atoms with Crippen molar-refractivity contribution in [1.82, 2.24) is 0 Å². The van der Waals surface area contributed by atoms with Crippen LogP contribution in [0.1, 0.15) is 41.5 Å². The maximum Gasteiger partial charge on any atom is 0.0269 e. The maximum absolute atomic E-state index is 3.52. The van der Waals surface area contributed by atoms with Crippen LogP contribution in [0, 0.1) is 0 Å². The summed E-state index contributed by atoms with van der Waals surface area (Å²) >= 11 is 0. The number of aliphatic imine (C=N–C) groups is 1. The topological polar surface area (TPSA) is 12.4 Å². The van der Waals surface area contributed by atoms with Gasteiger partial charge >= 0.3 is 0 Å². The molecule has 0 atom stereocenters. The van der Waals surface area contributed by atoms with Crippen LogP contribution in [0.4, 0.5) is 0 Å². The first-order valence-electron chi connectivity index (χ1n) is 5.29. The molecule has 0 aliphatic rings. The largest absolute Gasteiger partial charge is 0.304 e. The molecule has 0 N–H and O–H groups in total. The molecule has 0 saturated carbocycles. The van der Waals surface area contributed by atoms with Gasteiger partial charge in [0.25, 0.3) is 0 Å². The summed E-state index contributed by atoms with van der Waals surface area (Å²) < 4.78 is 0. The Labute approximate surface area is 98.3 Å². The Bertz CT molecular complexity index is 109. The van der Waals surface area contributed by atoms with E-state index in [2.05, 4.69) is 31.4 Å². The number of hydrogen-bond acceptors (Lipinski definition) is 1. The average Bonchev–Trinajstić information content (AvgIpc) is 2.27. The molecular weight excluding hydrogens is 182 g/mol. The van der Waals surface area contributed by atoms with Crippen LogP contribution in [0.2, 0.25) is 0 Å². The second kappa shape index (κ2) is 76.2. The zero-order valence-electron chi connectivity index (χ0n) is 11.9. The highest BCUT2D eigenvalue weighted by Crippen LogP contribution is 1.85. The van der Waals surface area contributed by atoms with Gasteiger partial charge in [-0.15, -0.1) is 13.2 Å². The fourth-order valence-corrected chi connectivity index (χ4v) is 0.236. The lowest BCUT2D eigenvalue weighted by molar-refractivity contribution is 1.40. The standard InChI is InChI=1S/C6H10.C2H5N.2C2H6.C2H4/c1-4-5-6(2)3;1-3-2;3*1-2/h4-5H,1H2,2-3H3;1H2,2H3;2*1-2H3;1-2H2. The summed E-state index contributed by atoms with van der Waals surface area (Å²) in [5.41, 5.74) is 1.30. The Hall–Kier alpha value is -1.11. The quantitative estimate of drug-likeness (QED) is 0.318. The molecule has 0 bridgehead atoms. The summed E-state index contributed by atoms with van der Waals surface area (Å²) in [4.78, 5) is 3.25.